The molecule has 1 aliphatic rings. The molecule has 1 aromatic heterocycles. The van der Waals surface area contributed by atoms with Crippen LogP contribution in [0.4, 0.5) is 0 Å². The van der Waals surface area contributed by atoms with Crippen LogP contribution in [-0.2, 0) is 14.8 Å². The van der Waals surface area contributed by atoms with Gasteiger partial charge in [-0.3, -0.25) is 9.59 Å². The van der Waals surface area contributed by atoms with E-state index >= 15 is 0 Å². The molecule has 9 heteroatoms. The molecule has 1 aromatic rings. The molecule has 0 atom stereocenters. The summed E-state index contributed by atoms with van der Waals surface area (Å²) in [5, 5.41) is 8.91. The van der Waals surface area contributed by atoms with Crippen LogP contribution in [0.15, 0.2) is 17.2 Å². The third-order valence-electron chi connectivity index (χ3n) is 3.75. The van der Waals surface area contributed by atoms with Gasteiger partial charge in [0.05, 0.1) is 0 Å². The van der Waals surface area contributed by atoms with Gasteiger partial charge in [-0.15, -0.1) is 0 Å². The minimum Gasteiger partial charge on any atom is -0.480 e. The fourth-order valence-electron chi connectivity index (χ4n) is 2.55. The Balaban J connectivity index is 2.26. The minimum atomic E-state index is -3.98. The van der Waals surface area contributed by atoms with Crippen molar-refractivity contribution in [2.24, 2.45) is 0 Å². The molecule has 128 valence electrons. The number of likely N-dealkylation sites (tertiary alicyclic amines) is 1. The van der Waals surface area contributed by atoms with Gasteiger partial charge in [0, 0.05) is 25.3 Å². The lowest BCUT2D eigenvalue weighted by Crippen LogP contribution is -2.40. The van der Waals surface area contributed by atoms with Gasteiger partial charge >= 0.3 is 5.97 Å². The van der Waals surface area contributed by atoms with E-state index in [4.69, 9.17) is 5.11 Å². The van der Waals surface area contributed by atoms with E-state index in [0.29, 0.717) is 13.1 Å². The zero-order valence-corrected chi connectivity index (χ0v) is 14.0. The van der Waals surface area contributed by atoms with Crippen molar-refractivity contribution < 1.29 is 23.1 Å². The highest BCUT2D eigenvalue weighted by Gasteiger charge is 2.31. The third-order valence-corrected chi connectivity index (χ3v) is 5.75. The van der Waals surface area contributed by atoms with Gasteiger partial charge in [0.1, 0.15) is 17.1 Å². The van der Waals surface area contributed by atoms with E-state index in [0.717, 1.165) is 17.1 Å². The van der Waals surface area contributed by atoms with Crippen LogP contribution in [0.25, 0.3) is 0 Å². The molecule has 1 aliphatic heterocycles. The molecule has 2 heterocycles. The molecule has 0 saturated carbocycles. The zero-order chi connectivity index (χ0) is 17.2. The highest BCUT2D eigenvalue weighted by molar-refractivity contribution is 7.89. The van der Waals surface area contributed by atoms with Gasteiger partial charge in [-0.05, 0) is 32.8 Å². The molecule has 1 fully saturated rings. The number of hydrogen-bond acceptors (Lipinski definition) is 4. The lowest BCUT2D eigenvalue weighted by molar-refractivity contribution is -0.137. The quantitative estimate of drug-likeness (QED) is 0.791. The van der Waals surface area contributed by atoms with Gasteiger partial charge in [-0.1, -0.05) is 0 Å². The summed E-state index contributed by atoms with van der Waals surface area (Å²) in [6.07, 6.45) is 3.12. The second kappa shape index (κ2) is 6.71. The first kappa shape index (κ1) is 17.5. The Hall–Kier alpha value is -1.87. The summed E-state index contributed by atoms with van der Waals surface area (Å²) in [7, 11) is -3.98. The first-order valence-corrected chi connectivity index (χ1v) is 8.89. The van der Waals surface area contributed by atoms with Gasteiger partial charge in [-0.25, -0.2) is 8.42 Å². The molecule has 0 bridgehead atoms. The highest BCUT2D eigenvalue weighted by Crippen LogP contribution is 2.20. The van der Waals surface area contributed by atoms with Crippen LogP contribution in [0, 0.1) is 0 Å². The van der Waals surface area contributed by atoms with Crippen LogP contribution in [0.3, 0.4) is 0 Å². The van der Waals surface area contributed by atoms with E-state index < -0.39 is 28.6 Å². The molecule has 23 heavy (non-hydrogen) atoms. The maximum absolute atomic E-state index is 12.6. The van der Waals surface area contributed by atoms with Crippen molar-refractivity contribution in [2.45, 2.75) is 37.6 Å². The number of aliphatic carboxylic acids is 1. The number of hydrogen-bond donors (Lipinski definition) is 2. The predicted molar refractivity (Wildman–Crippen MR) is 82.6 cm³/mol. The van der Waals surface area contributed by atoms with Crippen molar-refractivity contribution in [2.75, 3.05) is 19.6 Å². The number of carboxylic acid groups (broad SMARTS) is 1. The summed E-state index contributed by atoms with van der Waals surface area (Å²) in [6, 6.07) is 0.761. The number of amides is 1. The Kier molecular flexibility index (Phi) is 5.10. The first-order chi connectivity index (χ1) is 10.7. The van der Waals surface area contributed by atoms with Gasteiger partial charge in [-0.2, -0.15) is 4.31 Å². The van der Waals surface area contributed by atoms with Gasteiger partial charge in [0.2, 0.25) is 10.0 Å². The van der Waals surface area contributed by atoms with Crippen molar-refractivity contribution in [3.05, 3.63) is 18.0 Å². The van der Waals surface area contributed by atoms with Crippen LogP contribution in [0.2, 0.25) is 0 Å². The number of carbonyl (C=O) groups excluding carboxylic acids is 1. The topological polar surface area (TPSA) is 111 Å². The summed E-state index contributed by atoms with van der Waals surface area (Å²) in [5.74, 6) is -1.47. The monoisotopic (exact) mass is 343 g/mol. The number of carboxylic acids is 1. The number of sulfonamides is 1. The summed E-state index contributed by atoms with van der Waals surface area (Å²) in [5.41, 5.74) is 0.199. The van der Waals surface area contributed by atoms with Crippen molar-refractivity contribution in [3.8, 4) is 0 Å². The van der Waals surface area contributed by atoms with Crippen molar-refractivity contribution >= 4 is 21.9 Å². The molecule has 1 amide bonds. The van der Waals surface area contributed by atoms with Crippen molar-refractivity contribution in [3.63, 3.8) is 0 Å². The maximum Gasteiger partial charge on any atom is 0.318 e. The van der Waals surface area contributed by atoms with Gasteiger partial charge in [0.25, 0.3) is 5.91 Å². The second-order valence-corrected chi connectivity index (χ2v) is 7.68. The van der Waals surface area contributed by atoms with Crippen molar-refractivity contribution in [1.29, 1.82) is 0 Å². The predicted octanol–water partition coefficient (Wildman–Crippen LogP) is 0.734. The van der Waals surface area contributed by atoms with Crippen LogP contribution in [0.1, 0.15) is 37.2 Å². The molecule has 2 N–H and O–H groups in total. The highest BCUT2D eigenvalue weighted by atomic mass is 32.2. The van der Waals surface area contributed by atoms with Crippen LogP contribution in [0.5, 0.6) is 0 Å². The molecule has 0 aliphatic carbocycles. The molecule has 2 rings (SSSR count). The standard InChI is InChI=1S/C14H21N3O5S/c1-10(2)17(9-13(18)19)23(21,22)11-7-12(15-8-11)14(20)16-5-3-4-6-16/h7-8,10,15H,3-6,9H2,1-2H3,(H,18,19). The Morgan fingerprint density at radius 1 is 1.35 bits per heavy atom. The van der Waals surface area contributed by atoms with Crippen LogP contribution >= 0.6 is 0 Å². The van der Waals surface area contributed by atoms with E-state index in [1.165, 1.54) is 12.3 Å². The number of nitrogens with one attached hydrogen (secondary N) is 1. The first-order valence-electron chi connectivity index (χ1n) is 7.45. The third kappa shape index (κ3) is 3.73. The Morgan fingerprint density at radius 3 is 2.48 bits per heavy atom. The van der Waals surface area contributed by atoms with Crippen molar-refractivity contribution in [1.82, 2.24) is 14.2 Å². The SMILES string of the molecule is CC(C)N(CC(=O)O)S(=O)(=O)c1c[nH]c(C(=O)N2CCCC2)c1. The number of H-pyrrole nitrogens is 1. The molecular formula is C14H21N3O5S. The Bertz CT molecular complexity index is 689. The van der Waals surface area contributed by atoms with E-state index in [1.807, 2.05) is 0 Å². The van der Waals surface area contributed by atoms with Crippen LogP contribution < -0.4 is 0 Å². The fourth-order valence-corrected chi connectivity index (χ4v) is 4.13. The molecule has 8 nitrogen and oxygen atoms in total. The Labute approximate surface area is 135 Å². The van der Waals surface area contributed by atoms with E-state index in [-0.39, 0.29) is 16.5 Å². The largest absolute Gasteiger partial charge is 0.480 e. The zero-order valence-electron chi connectivity index (χ0n) is 13.2. The molecule has 0 spiro atoms. The van der Waals surface area contributed by atoms with Crippen LogP contribution in [-0.4, -0.2) is 65.3 Å². The number of aromatic nitrogens is 1. The molecule has 1 saturated heterocycles. The van der Waals surface area contributed by atoms with E-state index in [9.17, 15) is 18.0 Å². The summed E-state index contributed by atoms with van der Waals surface area (Å²) in [4.78, 5) is 27.4. The second-order valence-electron chi connectivity index (χ2n) is 5.79. The lowest BCUT2D eigenvalue weighted by Gasteiger charge is -2.23. The molecule has 0 unspecified atom stereocenters. The lowest BCUT2D eigenvalue weighted by atomic mass is 10.4. The fraction of sp³-hybridized carbons (Fsp3) is 0.571. The number of rotatable bonds is 6. The minimum absolute atomic E-state index is 0.102. The number of aromatic amines is 1. The molecule has 0 radical (unpaired) electrons. The number of nitrogens with zero attached hydrogens (tertiary/aromatic N) is 2. The van der Waals surface area contributed by atoms with Gasteiger partial charge < -0.3 is 15.0 Å². The van der Waals surface area contributed by atoms with Gasteiger partial charge in [0.15, 0.2) is 0 Å². The summed E-state index contributed by atoms with van der Waals surface area (Å²) < 4.78 is 26.1. The Morgan fingerprint density at radius 2 is 1.96 bits per heavy atom. The maximum atomic E-state index is 12.6. The summed E-state index contributed by atoms with van der Waals surface area (Å²) >= 11 is 0. The average molecular weight is 343 g/mol. The normalized spacial score (nSPS) is 15.6. The van der Waals surface area contributed by atoms with E-state index in [1.54, 1.807) is 18.7 Å². The average Bonchev–Trinajstić information content (AvgIpc) is 3.14. The number of carbonyl (C=O) groups is 2. The summed E-state index contributed by atoms with van der Waals surface area (Å²) in [6.45, 7) is 3.90. The smallest absolute Gasteiger partial charge is 0.318 e. The van der Waals surface area contributed by atoms with E-state index in [2.05, 4.69) is 4.98 Å². The molecular weight excluding hydrogens is 322 g/mol. The molecule has 0 aromatic carbocycles.